The zero-order valence-corrected chi connectivity index (χ0v) is 13.0. The molecule has 3 nitrogen and oxygen atoms in total. The molecule has 2 heterocycles. The van der Waals surface area contributed by atoms with Crippen LogP contribution in [0.1, 0.15) is 31.7 Å². The van der Waals surface area contributed by atoms with Crippen LogP contribution in [0.4, 0.5) is 0 Å². The van der Waals surface area contributed by atoms with Crippen molar-refractivity contribution in [3.8, 4) is 0 Å². The van der Waals surface area contributed by atoms with E-state index in [1.807, 2.05) is 4.90 Å². The summed E-state index contributed by atoms with van der Waals surface area (Å²) in [5.74, 6) is 0.961. The Labute approximate surface area is 125 Å². The molecule has 0 spiro atoms. The molecule has 1 amide bonds. The highest BCUT2D eigenvalue weighted by molar-refractivity contribution is 7.07. The summed E-state index contributed by atoms with van der Waals surface area (Å²) in [6.45, 7) is 3.72. The Balaban J connectivity index is 0.00000180. The van der Waals surface area contributed by atoms with Crippen molar-refractivity contribution in [1.29, 1.82) is 0 Å². The van der Waals surface area contributed by atoms with Crippen molar-refractivity contribution >= 4 is 29.7 Å². The largest absolute Gasteiger partial charge is 0.338 e. The number of carbonyl (C=O) groups excluding carboxylic acids is 1. The third-order valence-electron chi connectivity index (χ3n) is 3.78. The number of nitrogens with zero attached hydrogens (tertiary/aromatic N) is 1. The minimum Gasteiger partial charge on any atom is -0.338 e. The third-order valence-corrected chi connectivity index (χ3v) is 4.51. The lowest BCUT2D eigenvalue weighted by molar-refractivity contribution is -0.135. The van der Waals surface area contributed by atoms with Gasteiger partial charge in [-0.3, -0.25) is 4.79 Å². The van der Waals surface area contributed by atoms with Crippen molar-refractivity contribution < 1.29 is 4.79 Å². The first-order valence-electron chi connectivity index (χ1n) is 6.71. The summed E-state index contributed by atoms with van der Waals surface area (Å²) in [4.78, 5) is 14.2. The molecule has 0 aliphatic carbocycles. The molecule has 2 unspecified atom stereocenters. The number of rotatable bonds is 4. The summed E-state index contributed by atoms with van der Waals surface area (Å²) in [5.41, 5.74) is 7.06. The maximum Gasteiger partial charge on any atom is 0.223 e. The number of hydrogen-bond acceptors (Lipinski definition) is 3. The van der Waals surface area contributed by atoms with Crippen LogP contribution in [-0.2, 0) is 11.2 Å². The number of amides is 1. The van der Waals surface area contributed by atoms with E-state index in [4.69, 9.17) is 5.73 Å². The van der Waals surface area contributed by atoms with Gasteiger partial charge in [-0.1, -0.05) is 6.92 Å². The van der Waals surface area contributed by atoms with Gasteiger partial charge >= 0.3 is 0 Å². The van der Waals surface area contributed by atoms with Crippen LogP contribution in [0.2, 0.25) is 0 Å². The van der Waals surface area contributed by atoms with Crippen LogP contribution in [0.15, 0.2) is 16.8 Å². The third kappa shape index (κ3) is 4.48. The van der Waals surface area contributed by atoms with Gasteiger partial charge in [0.1, 0.15) is 0 Å². The highest BCUT2D eigenvalue weighted by Crippen LogP contribution is 2.23. The fourth-order valence-electron chi connectivity index (χ4n) is 2.63. The second-order valence-electron chi connectivity index (χ2n) is 5.24. The second kappa shape index (κ2) is 7.88. The maximum absolute atomic E-state index is 12.2. The van der Waals surface area contributed by atoms with Gasteiger partial charge in [-0.15, -0.1) is 12.4 Å². The predicted octanol–water partition coefficient (Wildman–Crippen LogP) is 2.69. The van der Waals surface area contributed by atoms with Crippen molar-refractivity contribution in [2.75, 3.05) is 13.1 Å². The Kier molecular flexibility index (Phi) is 6.83. The first-order chi connectivity index (χ1) is 8.70. The van der Waals surface area contributed by atoms with Gasteiger partial charge in [0.2, 0.25) is 5.91 Å². The highest BCUT2D eigenvalue weighted by atomic mass is 35.5. The van der Waals surface area contributed by atoms with Crippen molar-refractivity contribution in [3.05, 3.63) is 22.4 Å². The lowest BCUT2D eigenvalue weighted by atomic mass is 9.92. The molecule has 0 saturated carbocycles. The van der Waals surface area contributed by atoms with Crippen LogP contribution < -0.4 is 5.73 Å². The minimum atomic E-state index is 0. The maximum atomic E-state index is 12.2. The fraction of sp³-hybridized carbons (Fsp3) is 0.643. The molecule has 1 aromatic heterocycles. The summed E-state index contributed by atoms with van der Waals surface area (Å²) in [7, 11) is 0. The molecule has 2 rings (SSSR count). The Bertz CT molecular complexity index is 383. The minimum absolute atomic E-state index is 0. The number of halogens is 1. The van der Waals surface area contributed by atoms with Gasteiger partial charge in [-0.2, -0.15) is 11.3 Å². The lowest BCUT2D eigenvalue weighted by Gasteiger charge is -2.38. The first-order valence-corrected chi connectivity index (χ1v) is 7.65. The molecule has 0 aromatic carbocycles. The van der Waals surface area contributed by atoms with E-state index < -0.39 is 0 Å². The number of piperidine rings is 1. The van der Waals surface area contributed by atoms with E-state index in [0.717, 1.165) is 25.8 Å². The van der Waals surface area contributed by atoms with Crippen LogP contribution in [0.3, 0.4) is 0 Å². The Hall–Kier alpha value is -0.580. The van der Waals surface area contributed by atoms with E-state index >= 15 is 0 Å². The average molecular weight is 303 g/mol. The van der Waals surface area contributed by atoms with Gasteiger partial charge in [-0.05, 0) is 47.6 Å². The quantitative estimate of drug-likeness (QED) is 0.929. The van der Waals surface area contributed by atoms with Crippen molar-refractivity contribution in [2.24, 2.45) is 11.7 Å². The Morgan fingerprint density at radius 2 is 2.37 bits per heavy atom. The molecule has 108 valence electrons. The lowest BCUT2D eigenvalue weighted by Crippen LogP contribution is -2.49. The van der Waals surface area contributed by atoms with Gasteiger partial charge in [0, 0.05) is 25.6 Å². The number of likely N-dealkylation sites (tertiary alicyclic amines) is 1. The van der Waals surface area contributed by atoms with E-state index in [-0.39, 0.29) is 24.4 Å². The Morgan fingerprint density at radius 3 is 3.00 bits per heavy atom. The van der Waals surface area contributed by atoms with Crippen LogP contribution >= 0.6 is 23.7 Å². The highest BCUT2D eigenvalue weighted by Gasteiger charge is 2.28. The van der Waals surface area contributed by atoms with Crippen LogP contribution in [0.5, 0.6) is 0 Å². The summed E-state index contributed by atoms with van der Waals surface area (Å²) >= 11 is 1.69. The summed E-state index contributed by atoms with van der Waals surface area (Å²) in [5, 5.41) is 4.18. The standard InChI is InChI=1S/C14H22N2OS.ClH/c1-11-4-6-16(13(8-11)9-15)14(17)3-2-12-5-7-18-10-12;/h5,7,10-11,13H,2-4,6,8-9,15H2,1H3;1H. The second-order valence-corrected chi connectivity index (χ2v) is 6.02. The number of aryl methyl sites for hydroxylation is 1. The Morgan fingerprint density at radius 1 is 1.58 bits per heavy atom. The normalized spacial score (nSPS) is 22.9. The molecule has 5 heteroatoms. The summed E-state index contributed by atoms with van der Waals surface area (Å²) in [6.07, 6.45) is 3.63. The molecule has 19 heavy (non-hydrogen) atoms. The van der Waals surface area contributed by atoms with Crippen molar-refractivity contribution in [3.63, 3.8) is 0 Å². The predicted molar refractivity (Wildman–Crippen MR) is 82.8 cm³/mol. The topological polar surface area (TPSA) is 46.3 Å². The SMILES string of the molecule is CC1CCN(C(=O)CCc2ccsc2)C(CN)C1.Cl. The van der Waals surface area contributed by atoms with Crippen LogP contribution in [0.25, 0.3) is 0 Å². The zero-order valence-electron chi connectivity index (χ0n) is 11.4. The molecular weight excluding hydrogens is 280 g/mol. The molecule has 1 fully saturated rings. The van der Waals surface area contributed by atoms with Gasteiger partial charge in [0.25, 0.3) is 0 Å². The van der Waals surface area contributed by atoms with Gasteiger partial charge < -0.3 is 10.6 Å². The monoisotopic (exact) mass is 302 g/mol. The van der Waals surface area contributed by atoms with E-state index in [0.29, 0.717) is 18.9 Å². The molecular formula is C14H23ClN2OS. The molecule has 1 aromatic rings. The smallest absolute Gasteiger partial charge is 0.223 e. The number of thiophene rings is 1. The molecule has 1 aliphatic heterocycles. The fourth-order valence-corrected chi connectivity index (χ4v) is 3.34. The number of carbonyl (C=O) groups is 1. The average Bonchev–Trinajstić information content (AvgIpc) is 2.88. The molecule has 1 saturated heterocycles. The summed E-state index contributed by atoms with van der Waals surface area (Å²) < 4.78 is 0. The van der Waals surface area contributed by atoms with Crippen molar-refractivity contribution in [1.82, 2.24) is 4.90 Å². The summed E-state index contributed by atoms with van der Waals surface area (Å²) in [6, 6.07) is 2.35. The van der Waals surface area contributed by atoms with Gasteiger partial charge in [0.05, 0.1) is 0 Å². The molecule has 2 N–H and O–H groups in total. The van der Waals surface area contributed by atoms with Crippen molar-refractivity contribution in [2.45, 2.75) is 38.6 Å². The van der Waals surface area contributed by atoms with E-state index in [2.05, 4.69) is 23.8 Å². The van der Waals surface area contributed by atoms with Crippen LogP contribution in [0, 0.1) is 5.92 Å². The van der Waals surface area contributed by atoms with E-state index in [1.165, 1.54) is 5.56 Å². The van der Waals surface area contributed by atoms with Gasteiger partial charge in [0.15, 0.2) is 0 Å². The molecule has 0 radical (unpaired) electrons. The molecule has 0 bridgehead atoms. The first kappa shape index (κ1) is 16.5. The van der Waals surface area contributed by atoms with E-state index in [9.17, 15) is 4.79 Å². The molecule has 2 atom stereocenters. The van der Waals surface area contributed by atoms with E-state index in [1.54, 1.807) is 11.3 Å². The van der Waals surface area contributed by atoms with Gasteiger partial charge in [-0.25, -0.2) is 0 Å². The molecule has 1 aliphatic rings. The van der Waals surface area contributed by atoms with Crippen LogP contribution in [-0.4, -0.2) is 29.9 Å². The number of hydrogen-bond donors (Lipinski definition) is 1. The zero-order chi connectivity index (χ0) is 13.0. The number of nitrogens with two attached hydrogens (primary N) is 1.